The highest BCUT2D eigenvalue weighted by atomic mass is 35.5. The molecule has 0 bridgehead atoms. The summed E-state index contributed by atoms with van der Waals surface area (Å²) < 4.78 is 5.10. The van der Waals surface area contributed by atoms with Gasteiger partial charge in [0.05, 0.1) is 5.52 Å². The molecule has 3 aromatic rings. The van der Waals surface area contributed by atoms with E-state index in [-0.39, 0.29) is 5.35 Å². The summed E-state index contributed by atoms with van der Waals surface area (Å²) in [5.74, 6) is 0.329. The number of hydrogen-bond acceptors (Lipinski definition) is 4. The van der Waals surface area contributed by atoms with Crippen LogP contribution >= 0.6 is 11.6 Å². The van der Waals surface area contributed by atoms with Crippen LogP contribution in [-0.4, -0.2) is 15.2 Å². The van der Waals surface area contributed by atoms with Crippen molar-refractivity contribution in [2.24, 2.45) is 0 Å². The number of aromatic nitrogens is 3. The van der Waals surface area contributed by atoms with Crippen LogP contribution in [0.3, 0.4) is 0 Å². The maximum Gasteiger partial charge on any atom is 0.313 e. The number of pyridine rings is 1. The lowest BCUT2D eigenvalue weighted by Crippen LogP contribution is -1.84. The Morgan fingerprint density at radius 3 is 2.69 bits per heavy atom. The first kappa shape index (κ1) is 9.30. The first-order chi connectivity index (χ1) is 7.83. The molecule has 1 aromatic carbocycles. The van der Waals surface area contributed by atoms with Crippen molar-refractivity contribution >= 4 is 22.5 Å². The van der Waals surface area contributed by atoms with Crippen molar-refractivity contribution in [3.05, 3.63) is 41.7 Å². The average Bonchev–Trinajstić information content (AvgIpc) is 2.75. The Labute approximate surface area is 95.9 Å². The highest BCUT2D eigenvalue weighted by Gasteiger charge is 2.08. The van der Waals surface area contributed by atoms with Crippen LogP contribution in [0.15, 0.2) is 40.8 Å². The SMILES string of the molecule is Clc1nnc(-c2ccc3ccccc3n2)o1. The molecule has 2 heterocycles. The van der Waals surface area contributed by atoms with Gasteiger partial charge in [-0.3, -0.25) is 0 Å². The molecule has 0 saturated carbocycles. The van der Waals surface area contributed by atoms with Crippen LogP contribution in [0.2, 0.25) is 5.35 Å². The second kappa shape index (κ2) is 3.57. The predicted molar refractivity (Wildman–Crippen MR) is 60.0 cm³/mol. The van der Waals surface area contributed by atoms with Gasteiger partial charge in [0.2, 0.25) is 0 Å². The molecular formula is C11H6ClN3O. The van der Waals surface area contributed by atoms with Crippen molar-refractivity contribution < 1.29 is 4.42 Å². The van der Waals surface area contributed by atoms with Gasteiger partial charge in [-0.2, -0.15) is 0 Å². The Hall–Kier alpha value is -1.94. The van der Waals surface area contributed by atoms with Gasteiger partial charge in [-0.15, -0.1) is 5.10 Å². The maximum atomic E-state index is 5.56. The Balaban J connectivity index is 2.18. The van der Waals surface area contributed by atoms with E-state index in [2.05, 4.69) is 15.2 Å². The standard InChI is InChI=1S/C11H6ClN3O/c12-11-15-14-10(16-11)9-6-5-7-3-1-2-4-8(7)13-9/h1-6H. The summed E-state index contributed by atoms with van der Waals surface area (Å²) in [6.45, 7) is 0. The number of hydrogen-bond donors (Lipinski definition) is 0. The van der Waals surface area contributed by atoms with Crippen LogP contribution in [-0.2, 0) is 0 Å². The lowest BCUT2D eigenvalue weighted by molar-refractivity contribution is 0.569. The van der Waals surface area contributed by atoms with Gasteiger partial charge in [0.1, 0.15) is 5.69 Å². The number of halogens is 1. The van der Waals surface area contributed by atoms with Gasteiger partial charge in [-0.05, 0) is 23.7 Å². The third kappa shape index (κ3) is 1.53. The zero-order valence-electron chi connectivity index (χ0n) is 8.09. The molecule has 16 heavy (non-hydrogen) atoms. The van der Waals surface area contributed by atoms with Crippen molar-refractivity contribution in [2.45, 2.75) is 0 Å². The molecule has 0 atom stereocenters. The first-order valence-electron chi connectivity index (χ1n) is 4.68. The van der Waals surface area contributed by atoms with Crippen LogP contribution in [0, 0.1) is 0 Å². The Kier molecular flexibility index (Phi) is 2.08. The Morgan fingerprint density at radius 1 is 1.00 bits per heavy atom. The van der Waals surface area contributed by atoms with Crippen molar-refractivity contribution in [1.29, 1.82) is 0 Å². The maximum absolute atomic E-state index is 5.56. The van der Waals surface area contributed by atoms with Crippen molar-refractivity contribution in [3.63, 3.8) is 0 Å². The average molecular weight is 232 g/mol. The van der Waals surface area contributed by atoms with E-state index >= 15 is 0 Å². The van der Waals surface area contributed by atoms with Gasteiger partial charge in [0.15, 0.2) is 0 Å². The normalized spacial score (nSPS) is 10.8. The highest BCUT2D eigenvalue weighted by Crippen LogP contribution is 2.20. The van der Waals surface area contributed by atoms with E-state index in [4.69, 9.17) is 16.0 Å². The lowest BCUT2D eigenvalue weighted by Gasteiger charge is -1.98. The molecular weight excluding hydrogens is 226 g/mol. The molecule has 0 fully saturated rings. The molecule has 2 aromatic heterocycles. The third-order valence-corrected chi connectivity index (χ3v) is 2.37. The van der Waals surface area contributed by atoms with Crippen LogP contribution in [0.5, 0.6) is 0 Å². The predicted octanol–water partition coefficient (Wildman–Crippen LogP) is 2.94. The molecule has 5 heteroatoms. The second-order valence-corrected chi connectivity index (χ2v) is 3.57. The molecule has 0 aliphatic carbocycles. The minimum atomic E-state index is 0.0185. The quantitative estimate of drug-likeness (QED) is 0.646. The van der Waals surface area contributed by atoms with Crippen LogP contribution < -0.4 is 0 Å². The van der Waals surface area contributed by atoms with Gasteiger partial charge in [-0.25, -0.2) is 4.98 Å². The first-order valence-corrected chi connectivity index (χ1v) is 5.06. The molecule has 3 rings (SSSR count). The molecule has 4 nitrogen and oxygen atoms in total. The van der Waals surface area contributed by atoms with E-state index in [1.807, 2.05) is 36.4 Å². The fourth-order valence-electron chi connectivity index (χ4n) is 1.49. The summed E-state index contributed by atoms with van der Waals surface area (Å²) in [5, 5.41) is 8.45. The van der Waals surface area contributed by atoms with E-state index in [1.54, 1.807) is 0 Å². The number of para-hydroxylation sites is 1. The molecule has 78 valence electrons. The van der Waals surface area contributed by atoms with E-state index in [1.165, 1.54) is 0 Å². The molecule has 0 saturated heterocycles. The molecule has 0 N–H and O–H groups in total. The Morgan fingerprint density at radius 2 is 1.88 bits per heavy atom. The largest absolute Gasteiger partial charge is 0.406 e. The van der Waals surface area contributed by atoms with E-state index in [0.29, 0.717) is 11.6 Å². The number of nitrogens with zero attached hydrogens (tertiary/aromatic N) is 3. The summed E-state index contributed by atoms with van der Waals surface area (Å²) in [6, 6.07) is 11.6. The molecule has 0 radical (unpaired) electrons. The summed E-state index contributed by atoms with van der Waals surface area (Å²) >= 11 is 5.56. The smallest absolute Gasteiger partial charge is 0.313 e. The number of rotatable bonds is 1. The summed E-state index contributed by atoms with van der Waals surface area (Å²) in [7, 11) is 0. The minimum absolute atomic E-state index is 0.0185. The van der Waals surface area contributed by atoms with Crippen LogP contribution in [0.25, 0.3) is 22.5 Å². The van der Waals surface area contributed by atoms with Crippen LogP contribution in [0.4, 0.5) is 0 Å². The van der Waals surface area contributed by atoms with E-state index < -0.39 is 0 Å². The molecule has 0 aliphatic heterocycles. The fourth-order valence-corrected chi connectivity index (χ4v) is 1.60. The van der Waals surface area contributed by atoms with Gasteiger partial charge < -0.3 is 4.42 Å². The van der Waals surface area contributed by atoms with Gasteiger partial charge in [0.25, 0.3) is 5.89 Å². The number of fused-ring (bicyclic) bond motifs is 1. The second-order valence-electron chi connectivity index (χ2n) is 3.25. The highest BCUT2D eigenvalue weighted by molar-refractivity contribution is 6.27. The van der Waals surface area contributed by atoms with Gasteiger partial charge >= 0.3 is 5.35 Å². The Bertz CT molecular complexity index is 650. The monoisotopic (exact) mass is 231 g/mol. The molecule has 0 unspecified atom stereocenters. The zero-order valence-corrected chi connectivity index (χ0v) is 8.85. The third-order valence-electron chi connectivity index (χ3n) is 2.22. The number of benzene rings is 1. The lowest BCUT2D eigenvalue weighted by atomic mass is 10.2. The van der Waals surface area contributed by atoms with Crippen molar-refractivity contribution in [1.82, 2.24) is 15.2 Å². The van der Waals surface area contributed by atoms with Gasteiger partial charge in [-0.1, -0.05) is 29.4 Å². The van der Waals surface area contributed by atoms with E-state index in [9.17, 15) is 0 Å². The van der Waals surface area contributed by atoms with Crippen molar-refractivity contribution in [3.8, 4) is 11.6 Å². The van der Waals surface area contributed by atoms with Crippen molar-refractivity contribution in [2.75, 3.05) is 0 Å². The van der Waals surface area contributed by atoms with Gasteiger partial charge in [0, 0.05) is 5.39 Å². The minimum Gasteiger partial charge on any atom is -0.406 e. The molecule has 0 aliphatic rings. The van der Waals surface area contributed by atoms with E-state index in [0.717, 1.165) is 10.9 Å². The summed E-state index contributed by atoms with van der Waals surface area (Å²) in [5.41, 5.74) is 1.51. The zero-order chi connectivity index (χ0) is 11.0. The molecule has 0 amide bonds. The fraction of sp³-hybridized carbons (Fsp3) is 0. The summed E-state index contributed by atoms with van der Waals surface area (Å²) in [4.78, 5) is 4.40. The summed E-state index contributed by atoms with van der Waals surface area (Å²) in [6.07, 6.45) is 0. The molecule has 0 spiro atoms. The topological polar surface area (TPSA) is 51.8 Å². The van der Waals surface area contributed by atoms with Crippen LogP contribution in [0.1, 0.15) is 0 Å².